The molecule has 0 aromatic heterocycles. The number of aryl methyl sites for hydroxylation is 1. The molecule has 1 heterocycles. The van der Waals surface area contributed by atoms with Gasteiger partial charge in [0.15, 0.2) is 0 Å². The molecule has 3 nitrogen and oxygen atoms in total. The summed E-state index contributed by atoms with van der Waals surface area (Å²) in [4.78, 5) is 0. The lowest BCUT2D eigenvalue weighted by molar-refractivity contribution is 0.317. The Balaban J connectivity index is 2.33. The zero-order valence-corrected chi connectivity index (χ0v) is 9.59. The molecule has 0 saturated carbocycles. The standard InChI is InChI=1S/C13H17N3/c1-10-8-12(3-2-11(10)9-14)13(15)4-6-16-7-5-13/h2-3,8,16H,4-7,15H2,1H3. The van der Waals surface area contributed by atoms with Crippen LogP contribution in [0.15, 0.2) is 18.2 Å². The molecule has 1 aliphatic heterocycles. The smallest absolute Gasteiger partial charge is 0.0994 e. The van der Waals surface area contributed by atoms with Gasteiger partial charge in [0, 0.05) is 5.54 Å². The van der Waals surface area contributed by atoms with Gasteiger partial charge in [0.1, 0.15) is 0 Å². The Morgan fingerprint density at radius 1 is 1.38 bits per heavy atom. The summed E-state index contributed by atoms with van der Waals surface area (Å²) in [5.41, 5.74) is 9.11. The molecule has 0 spiro atoms. The molecular formula is C13H17N3. The molecule has 2 rings (SSSR count). The monoisotopic (exact) mass is 215 g/mol. The quantitative estimate of drug-likeness (QED) is 0.744. The topological polar surface area (TPSA) is 61.8 Å². The molecule has 0 unspecified atom stereocenters. The Hall–Kier alpha value is -1.37. The number of piperidine rings is 1. The number of nitrogens with zero attached hydrogens (tertiary/aromatic N) is 1. The van der Waals surface area contributed by atoms with E-state index in [2.05, 4.69) is 17.5 Å². The van der Waals surface area contributed by atoms with E-state index >= 15 is 0 Å². The predicted molar refractivity (Wildman–Crippen MR) is 63.9 cm³/mol. The molecule has 3 heteroatoms. The van der Waals surface area contributed by atoms with Gasteiger partial charge in [-0.3, -0.25) is 0 Å². The predicted octanol–water partition coefficient (Wildman–Crippen LogP) is 1.40. The number of hydrogen-bond acceptors (Lipinski definition) is 3. The minimum absolute atomic E-state index is 0.218. The first-order valence-corrected chi connectivity index (χ1v) is 5.66. The second-order valence-electron chi connectivity index (χ2n) is 4.55. The molecule has 0 amide bonds. The summed E-state index contributed by atoms with van der Waals surface area (Å²) in [7, 11) is 0. The molecule has 1 saturated heterocycles. The minimum atomic E-state index is -0.218. The van der Waals surface area contributed by atoms with Gasteiger partial charge in [0.2, 0.25) is 0 Å². The van der Waals surface area contributed by atoms with Crippen molar-refractivity contribution >= 4 is 0 Å². The van der Waals surface area contributed by atoms with Crippen molar-refractivity contribution in [3.8, 4) is 6.07 Å². The lowest BCUT2D eigenvalue weighted by Crippen LogP contribution is -2.46. The van der Waals surface area contributed by atoms with E-state index < -0.39 is 0 Å². The highest BCUT2D eigenvalue weighted by Crippen LogP contribution is 2.28. The molecule has 16 heavy (non-hydrogen) atoms. The van der Waals surface area contributed by atoms with Crippen LogP contribution >= 0.6 is 0 Å². The van der Waals surface area contributed by atoms with E-state index in [4.69, 9.17) is 11.0 Å². The van der Waals surface area contributed by atoms with Crippen LogP contribution in [0.3, 0.4) is 0 Å². The average molecular weight is 215 g/mol. The van der Waals surface area contributed by atoms with Gasteiger partial charge in [-0.05, 0) is 50.0 Å². The molecule has 1 aromatic carbocycles. The maximum atomic E-state index is 8.89. The molecule has 0 atom stereocenters. The van der Waals surface area contributed by atoms with Gasteiger partial charge < -0.3 is 11.1 Å². The Morgan fingerprint density at radius 3 is 2.62 bits per heavy atom. The number of nitrogens with one attached hydrogen (secondary N) is 1. The highest BCUT2D eigenvalue weighted by atomic mass is 14.9. The highest BCUT2D eigenvalue weighted by Gasteiger charge is 2.29. The van der Waals surface area contributed by atoms with Crippen LogP contribution in [0.2, 0.25) is 0 Å². The van der Waals surface area contributed by atoms with Crippen molar-refractivity contribution < 1.29 is 0 Å². The van der Waals surface area contributed by atoms with E-state index in [0.29, 0.717) is 0 Å². The van der Waals surface area contributed by atoms with E-state index in [9.17, 15) is 0 Å². The van der Waals surface area contributed by atoms with Crippen LogP contribution < -0.4 is 11.1 Å². The van der Waals surface area contributed by atoms with Crippen molar-refractivity contribution in [1.29, 1.82) is 5.26 Å². The SMILES string of the molecule is Cc1cc(C2(N)CCNCC2)ccc1C#N. The van der Waals surface area contributed by atoms with Crippen LogP contribution in [0.4, 0.5) is 0 Å². The molecule has 84 valence electrons. The summed E-state index contributed by atoms with van der Waals surface area (Å²) in [6, 6.07) is 8.12. The Labute approximate surface area is 96.3 Å². The van der Waals surface area contributed by atoms with Crippen LogP contribution in [0.1, 0.15) is 29.5 Å². The van der Waals surface area contributed by atoms with Gasteiger partial charge in [-0.2, -0.15) is 5.26 Å². The number of hydrogen-bond donors (Lipinski definition) is 2. The number of benzene rings is 1. The first-order chi connectivity index (χ1) is 7.65. The fraction of sp³-hybridized carbons (Fsp3) is 0.462. The summed E-state index contributed by atoms with van der Waals surface area (Å²) in [5.74, 6) is 0. The average Bonchev–Trinajstić information content (AvgIpc) is 2.30. The largest absolute Gasteiger partial charge is 0.321 e. The van der Waals surface area contributed by atoms with E-state index in [1.54, 1.807) is 0 Å². The van der Waals surface area contributed by atoms with Crippen molar-refractivity contribution in [2.24, 2.45) is 5.73 Å². The third-order valence-electron chi connectivity index (χ3n) is 3.42. The van der Waals surface area contributed by atoms with E-state index in [1.807, 2.05) is 19.1 Å². The van der Waals surface area contributed by atoms with Crippen molar-refractivity contribution in [2.75, 3.05) is 13.1 Å². The summed E-state index contributed by atoms with van der Waals surface area (Å²) in [6.07, 6.45) is 1.91. The second kappa shape index (κ2) is 4.25. The van der Waals surface area contributed by atoms with E-state index in [1.165, 1.54) is 0 Å². The maximum Gasteiger partial charge on any atom is 0.0994 e. The zero-order chi connectivity index (χ0) is 11.6. The van der Waals surface area contributed by atoms with Crippen molar-refractivity contribution in [2.45, 2.75) is 25.3 Å². The molecule has 1 aliphatic rings. The number of nitrogens with two attached hydrogens (primary N) is 1. The fourth-order valence-corrected chi connectivity index (χ4v) is 2.26. The molecule has 0 bridgehead atoms. The van der Waals surface area contributed by atoms with Crippen LogP contribution in [0.25, 0.3) is 0 Å². The van der Waals surface area contributed by atoms with Crippen LogP contribution in [0, 0.1) is 18.3 Å². The summed E-state index contributed by atoms with van der Waals surface area (Å²) in [5, 5.41) is 12.2. The van der Waals surface area contributed by atoms with Gasteiger partial charge >= 0.3 is 0 Å². The van der Waals surface area contributed by atoms with Gasteiger partial charge in [0.25, 0.3) is 0 Å². The molecule has 1 aromatic rings. The second-order valence-corrected chi connectivity index (χ2v) is 4.55. The minimum Gasteiger partial charge on any atom is -0.321 e. The molecule has 1 fully saturated rings. The Kier molecular flexibility index (Phi) is 2.95. The lowest BCUT2D eigenvalue weighted by atomic mass is 9.81. The third-order valence-corrected chi connectivity index (χ3v) is 3.42. The molecule has 0 aliphatic carbocycles. The summed E-state index contributed by atoms with van der Waals surface area (Å²) in [6.45, 7) is 3.90. The summed E-state index contributed by atoms with van der Waals surface area (Å²) >= 11 is 0. The maximum absolute atomic E-state index is 8.89. The normalized spacial score (nSPS) is 19.1. The van der Waals surface area contributed by atoms with Crippen molar-refractivity contribution in [3.05, 3.63) is 34.9 Å². The summed E-state index contributed by atoms with van der Waals surface area (Å²) < 4.78 is 0. The molecular weight excluding hydrogens is 198 g/mol. The highest BCUT2D eigenvalue weighted by molar-refractivity contribution is 5.41. The van der Waals surface area contributed by atoms with Crippen LogP contribution in [0.5, 0.6) is 0 Å². The first-order valence-electron chi connectivity index (χ1n) is 5.66. The van der Waals surface area contributed by atoms with Crippen LogP contribution in [-0.2, 0) is 5.54 Å². The van der Waals surface area contributed by atoms with Gasteiger partial charge in [0.05, 0.1) is 11.6 Å². The van der Waals surface area contributed by atoms with Gasteiger partial charge in [-0.15, -0.1) is 0 Å². The van der Waals surface area contributed by atoms with Gasteiger partial charge in [-0.1, -0.05) is 12.1 Å². The van der Waals surface area contributed by atoms with Crippen molar-refractivity contribution in [1.82, 2.24) is 5.32 Å². The molecule has 0 radical (unpaired) electrons. The number of nitriles is 1. The van der Waals surface area contributed by atoms with Crippen LogP contribution in [-0.4, -0.2) is 13.1 Å². The third kappa shape index (κ3) is 1.95. The van der Waals surface area contributed by atoms with Crippen molar-refractivity contribution in [3.63, 3.8) is 0 Å². The number of rotatable bonds is 1. The van der Waals surface area contributed by atoms with E-state index in [0.717, 1.165) is 42.6 Å². The first kappa shape index (κ1) is 11.1. The molecule has 3 N–H and O–H groups in total. The zero-order valence-electron chi connectivity index (χ0n) is 9.59. The van der Waals surface area contributed by atoms with E-state index in [-0.39, 0.29) is 5.54 Å². The Morgan fingerprint density at radius 2 is 2.06 bits per heavy atom. The fourth-order valence-electron chi connectivity index (χ4n) is 2.26. The Bertz CT molecular complexity index is 425. The van der Waals surface area contributed by atoms with Gasteiger partial charge in [-0.25, -0.2) is 0 Å². The lowest BCUT2D eigenvalue weighted by Gasteiger charge is -2.34.